The fraction of sp³-hybridized carbons (Fsp3) is 0.300. The van der Waals surface area contributed by atoms with E-state index in [1.54, 1.807) is 42.5 Å². The van der Waals surface area contributed by atoms with Gasteiger partial charge in [-0.3, -0.25) is 9.59 Å². The second-order valence-electron chi connectivity index (χ2n) is 6.48. The minimum atomic E-state index is -0.302. The molecule has 1 aliphatic rings. The molecule has 0 bridgehead atoms. The van der Waals surface area contributed by atoms with Crippen molar-refractivity contribution in [2.45, 2.75) is 0 Å². The van der Waals surface area contributed by atoms with Crippen LogP contribution in [0.5, 0.6) is 5.75 Å². The highest BCUT2D eigenvalue weighted by Crippen LogP contribution is 2.27. The molecule has 0 unspecified atom stereocenters. The molecule has 1 fully saturated rings. The van der Waals surface area contributed by atoms with Crippen molar-refractivity contribution in [3.8, 4) is 5.75 Å². The van der Waals surface area contributed by atoms with Gasteiger partial charge in [0.25, 0.3) is 11.8 Å². The van der Waals surface area contributed by atoms with Gasteiger partial charge in [-0.1, -0.05) is 17.7 Å². The molecule has 0 saturated carbocycles. The fourth-order valence-corrected chi connectivity index (χ4v) is 3.19. The Labute approximate surface area is 163 Å². The third kappa shape index (κ3) is 4.59. The van der Waals surface area contributed by atoms with Crippen molar-refractivity contribution >= 4 is 29.1 Å². The Balaban J connectivity index is 1.72. The van der Waals surface area contributed by atoms with E-state index in [-0.39, 0.29) is 11.8 Å². The molecule has 0 spiro atoms. The predicted molar refractivity (Wildman–Crippen MR) is 106 cm³/mol. The molecule has 0 radical (unpaired) electrons. The van der Waals surface area contributed by atoms with E-state index in [2.05, 4.69) is 10.2 Å². The van der Waals surface area contributed by atoms with Crippen molar-refractivity contribution in [2.75, 3.05) is 45.7 Å². The number of hydrogen-bond acceptors (Lipinski definition) is 4. The van der Waals surface area contributed by atoms with Crippen molar-refractivity contribution in [1.82, 2.24) is 9.80 Å². The van der Waals surface area contributed by atoms with Gasteiger partial charge >= 0.3 is 0 Å². The number of methoxy groups -OCH3 is 1. The Kier molecular flexibility index (Phi) is 5.98. The number of amides is 2. The summed E-state index contributed by atoms with van der Waals surface area (Å²) in [6, 6.07) is 11.8. The summed E-state index contributed by atoms with van der Waals surface area (Å²) in [5.74, 6) is 0.184. The summed E-state index contributed by atoms with van der Waals surface area (Å²) < 4.78 is 5.11. The van der Waals surface area contributed by atoms with Crippen LogP contribution in [0.2, 0.25) is 5.02 Å². The van der Waals surface area contributed by atoms with Crippen molar-refractivity contribution in [2.24, 2.45) is 0 Å². The molecule has 7 heteroatoms. The summed E-state index contributed by atoms with van der Waals surface area (Å²) >= 11 is 6.09. The van der Waals surface area contributed by atoms with Gasteiger partial charge in [-0.25, -0.2) is 0 Å². The van der Waals surface area contributed by atoms with Crippen molar-refractivity contribution in [3.05, 3.63) is 58.6 Å². The maximum Gasteiger partial charge on any atom is 0.255 e. The quantitative estimate of drug-likeness (QED) is 0.876. The highest BCUT2D eigenvalue weighted by atomic mass is 35.5. The summed E-state index contributed by atoms with van der Waals surface area (Å²) in [6.45, 7) is 3.08. The zero-order chi connectivity index (χ0) is 19.4. The van der Waals surface area contributed by atoms with E-state index in [1.807, 2.05) is 11.9 Å². The summed E-state index contributed by atoms with van der Waals surface area (Å²) in [6.07, 6.45) is 0. The number of carbonyl (C=O) groups is 2. The van der Waals surface area contributed by atoms with Gasteiger partial charge in [0.2, 0.25) is 0 Å². The molecule has 0 aromatic heterocycles. The van der Waals surface area contributed by atoms with Crippen LogP contribution in [0.15, 0.2) is 42.5 Å². The molecule has 27 heavy (non-hydrogen) atoms. The highest BCUT2D eigenvalue weighted by Gasteiger charge is 2.21. The number of halogens is 1. The van der Waals surface area contributed by atoms with Gasteiger partial charge in [-0.05, 0) is 43.4 Å². The zero-order valence-electron chi connectivity index (χ0n) is 15.4. The minimum absolute atomic E-state index is 0.0507. The molecule has 1 saturated heterocycles. The van der Waals surface area contributed by atoms with E-state index in [1.165, 1.54) is 7.11 Å². The molecular weight excluding hydrogens is 366 g/mol. The molecule has 3 rings (SSSR count). The van der Waals surface area contributed by atoms with E-state index in [0.29, 0.717) is 40.7 Å². The fourth-order valence-electron chi connectivity index (χ4n) is 2.93. The number of benzene rings is 2. The molecule has 0 atom stereocenters. The van der Waals surface area contributed by atoms with Crippen LogP contribution < -0.4 is 10.1 Å². The molecule has 1 heterocycles. The highest BCUT2D eigenvalue weighted by molar-refractivity contribution is 6.32. The molecule has 142 valence electrons. The monoisotopic (exact) mass is 387 g/mol. The molecule has 2 amide bonds. The Morgan fingerprint density at radius 3 is 2.41 bits per heavy atom. The van der Waals surface area contributed by atoms with Gasteiger partial charge in [-0.15, -0.1) is 0 Å². The van der Waals surface area contributed by atoms with Crippen LogP contribution in [0, 0.1) is 0 Å². The lowest BCUT2D eigenvalue weighted by Crippen LogP contribution is -2.47. The molecule has 0 aliphatic carbocycles. The van der Waals surface area contributed by atoms with Crippen LogP contribution in [0.3, 0.4) is 0 Å². The van der Waals surface area contributed by atoms with Crippen LogP contribution in [0.4, 0.5) is 5.69 Å². The maximum atomic E-state index is 12.7. The van der Waals surface area contributed by atoms with Gasteiger partial charge in [0, 0.05) is 43.0 Å². The van der Waals surface area contributed by atoms with Crippen LogP contribution in [0.1, 0.15) is 20.7 Å². The minimum Gasteiger partial charge on any atom is -0.495 e. The van der Waals surface area contributed by atoms with Gasteiger partial charge < -0.3 is 19.9 Å². The van der Waals surface area contributed by atoms with E-state index < -0.39 is 0 Å². The van der Waals surface area contributed by atoms with Crippen molar-refractivity contribution in [1.29, 1.82) is 0 Å². The van der Waals surface area contributed by atoms with Crippen LogP contribution >= 0.6 is 11.6 Å². The summed E-state index contributed by atoms with van der Waals surface area (Å²) in [5, 5.41) is 3.20. The number of likely N-dealkylation sites (N-methyl/N-ethyl adjacent to an activating group) is 1. The number of anilines is 1. The van der Waals surface area contributed by atoms with Crippen molar-refractivity contribution < 1.29 is 14.3 Å². The van der Waals surface area contributed by atoms with E-state index in [0.717, 1.165) is 13.1 Å². The molecular formula is C20H22ClN3O3. The first-order valence-corrected chi connectivity index (χ1v) is 9.08. The van der Waals surface area contributed by atoms with Crippen LogP contribution in [-0.2, 0) is 0 Å². The standard InChI is InChI=1S/C20H22ClN3O3/c1-23-8-10-24(11-9-23)20(26)15-5-3-4-14(12-15)19(25)22-16-6-7-18(27-2)17(21)13-16/h3-7,12-13H,8-11H2,1-2H3,(H,22,25). The Bertz CT molecular complexity index is 848. The van der Waals surface area contributed by atoms with Gasteiger partial charge in [0.15, 0.2) is 0 Å². The number of piperazine rings is 1. The van der Waals surface area contributed by atoms with E-state index in [4.69, 9.17) is 16.3 Å². The summed E-state index contributed by atoms with van der Waals surface area (Å²) in [7, 11) is 3.57. The zero-order valence-corrected chi connectivity index (χ0v) is 16.1. The molecule has 1 N–H and O–H groups in total. The molecule has 2 aromatic rings. The number of nitrogens with zero attached hydrogens (tertiary/aromatic N) is 2. The lowest BCUT2D eigenvalue weighted by Gasteiger charge is -2.32. The summed E-state index contributed by atoms with van der Waals surface area (Å²) in [5.41, 5.74) is 1.49. The Morgan fingerprint density at radius 1 is 1.04 bits per heavy atom. The SMILES string of the molecule is COc1ccc(NC(=O)c2cccc(C(=O)N3CCN(C)CC3)c2)cc1Cl. The number of ether oxygens (including phenoxy) is 1. The van der Waals surface area contributed by atoms with Crippen LogP contribution in [0.25, 0.3) is 0 Å². The van der Waals surface area contributed by atoms with Gasteiger partial charge in [0.1, 0.15) is 5.75 Å². The average Bonchev–Trinajstić information content (AvgIpc) is 2.68. The topological polar surface area (TPSA) is 61.9 Å². The van der Waals surface area contributed by atoms with Crippen molar-refractivity contribution in [3.63, 3.8) is 0 Å². The van der Waals surface area contributed by atoms with Crippen LogP contribution in [-0.4, -0.2) is 62.0 Å². The maximum absolute atomic E-state index is 12.7. The number of hydrogen-bond donors (Lipinski definition) is 1. The normalized spacial score (nSPS) is 14.7. The molecule has 6 nitrogen and oxygen atoms in total. The third-order valence-electron chi connectivity index (χ3n) is 4.57. The molecule has 1 aliphatic heterocycles. The lowest BCUT2D eigenvalue weighted by molar-refractivity contribution is 0.0664. The molecule has 2 aromatic carbocycles. The summed E-state index contributed by atoms with van der Waals surface area (Å²) in [4.78, 5) is 29.3. The first-order valence-electron chi connectivity index (χ1n) is 8.70. The number of nitrogens with one attached hydrogen (secondary N) is 1. The van der Waals surface area contributed by atoms with E-state index >= 15 is 0 Å². The Hall–Kier alpha value is -2.57. The third-order valence-corrected chi connectivity index (χ3v) is 4.87. The van der Waals surface area contributed by atoms with E-state index in [9.17, 15) is 9.59 Å². The second-order valence-corrected chi connectivity index (χ2v) is 6.89. The first-order chi connectivity index (χ1) is 13.0. The van der Waals surface area contributed by atoms with Gasteiger partial charge in [-0.2, -0.15) is 0 Å². The lowest BCUT2D eigenvalue weighted by atomic mass is 10.1. The average molecular weight is 388 g/mol. The Morgan fingerprint density at radius 2 is 1.74 bits per heavy atom. The predicted octanol–water partition coefficient (Wildman–Crippen LogP) is 2.99. The smallest absolute Gasteiger partial charge is 0.255 e. The number of rotatable bonds is 4. The number of carbonyl (C=O) groups excluding carboxylic acids is 2. The second kappa shape index (κ2) is 8.41. The largest absolute Gasteiger partial charge is 0.495 e. The first kappa shape index (κ1) is 19.2. The van der Waals surface area contributed by atoms with Gasteiger partial charge in [0.05, 0.1) is 12.1 Å².